The van der Waals surface area contributed by atoms with E-state index in [-0.39, 0.29) is 18.8 Å². The summed E-state index contributed by atoms with van der Waals surface area (Å²) in [6.07, 6.45) is 2.56. The van der Waals surface area contributed by atoms with E-state index in [1.165, 1.54) is 12.8 Å². The number of aliphatic hydroxyl groups excluding tert-OH is 1. The molecular formula is C14H30N2O2. The summed E-state index contributed by atoms with van der Waals surface area (Å²) in [5.41, 5.74) is 0.339. The molecule has 1 saturated heterocycles. The maximum atomic E-state index is 9.28. The normalized spacial score (nSPS) is 26.5. The van der Waals surface area contributed by atoms with Crippen molar-refractivity contribution in [3.05, 3.63) is 0 Å². The molecule has 1 aliphatic rings. The van der Waals surface area contributed by atoms with Crippen molar-refractivity contribution in [1.29, 1.82) is 0 Å². The van der Waals surface area contributed by atoms with Gasteiger partial charge in [0.25, 0.3) is 0 Å². The number of aliphatic hydroxyl groups is 1. The zero-order chi connectivity index (χ0) is 13.6. The van der Waals surface area contributed by atoms with Crippen LogP contribution in [-0.4, -0.2) is 62.0 Å². The number of hydrogen-bond donors (Lipinski definition) is 2. The molecule has 0 bridgehead atoms. The second-order valence-corrected chi connectivity index (χ2v) is 5.68. The molecule has 0 radical (unpaired) electrons. The zero-order valence-electron chi connectivity index (χ0n) is 12.4. The van der Waals surface area contributed by atoms with Gasteiger partial charge in [0.15, 0.2) is 0 Å². The first kappa shape index (κ1) is 15.9. The summed E-state index contributed by atoms with van der Waals surface area (Å²) in [5.74, 6) is 0. The van der Waals surface area contributed by atoms with Crippen molar-refractivity contribution in [3.8, 4) is 0 Å². The third-order valence-electron chi connectivity index (χ3n) is 4.22. The Hall–Kier alpha value is -0.160. The fourth-order valence-corrected chi connectivity index (χ4v) is 3.00. The molecule has 18 heavy (non-hydrogen) atoms. The SMILES string of the molecule is CCC(CC)(CNC)CN1CC(C)OC(CO)C1. The molecule has 108 valence electrons. The summed E-state index contributed by atoms with van der Waals surface area (Å²) in [7, 11) is 2.03. The molecule has 0 aromatic rings. The number of nitrogens with one attached hydrogen (secondary N) is 1. The Bertz CT molecular complexity index is 232. The molecule has 4 heteroatoms. The van der Waals surface area contributed by atoms with Crippen LogP contribution in [0.25, 0.3) is 0 Å². The smallest absolute Gasteiger partial charge is 0.0936 e. The lowest BCUT2D eigenvalue weighted by atomic mass is 9.81. The molecular weight excluding hydrogens is 228 g/mol. The van der Waals surface area contributed by atoms with E-state index in [0.717, 1.165) is 26.2 Å². The lowest BCUT2D eigenvalue weighted by molar-refractivity contribution is -0.103. The van der Waals surface area contributed by atoms with Crippen molar-refractivity contribution in [3.63, 3.8) is 0 Å². The van der Waals surface area contributed by atoms with E-state index in [1.54, 1.807) is 0 Å². The Kier molecular flexibility index (Phi) is 6.57. The third-order valence-corrected chi connectivity index (χ3v) is 4.22. The summed E-state index contributed by atoms with van der Waals surface area (Å²) in [5, 5.41) is 12.6. The molecule has 2 unspecified atom stereocenters. The fraction of sp³-hybridized carbons (Fsp3) is 1.00. The van der Waals surface area contributed by atoms with Gasteiger partial charge in [-0.3, -0.25) is 4.90 Å². The van der Waals surface area contributed by atoms with Gasteiger partial charge < -0.3 is 15.2 Å². The number of rotatable bonds is 7. The Labute approximate surface area is 112 Å². The van der Waals surface area contributed by atoms with Crippen LogP contribution >= 0.6 is 0 Å². The molecule has 1 aliphatic heterocycles. The summed E-state index contributed by atoms with van der Waals surface area (Å²) in [4.78, 5) is 2.46. The van der Waals surface area contributed by atoms with Crippen LogP contribution in [0.4, 0.5) is 0 Å². The number of ether oxygens (including phenoxy) is 1. The second-order valence-electron chi connectivity index (χ2n) is 5.68. The van der Waals surface area contributed by atoms with Crippen LogP contribution in [-0.2, 0) is 4.74 Å². The first-order valence-electron chi connectivity index (χ1n) is 7.22. The molecule has 1 rings (SSSR count). The van der Waals surface area contributed by atoms with E-state index in [9.17, 15) is 5.11 Å². The van der Waals surface area contributed by atoms with Crippen LogP contribution in [0.5, 0.6) is 0 Å². The van der Waals surface area contributed by atoms with E-state index < -0.39 is 0 Å². The lowest BCUT2D eigenvalue weighted by Gasteiger charge is -2.42. The van der Waals surface area contributed by atoms with E-state index >= 15 is 0 Å². The van der Waals surface area contributed by atoms with Gasteiger partial charge in [0.05, 0.1) is 18.8 Å². The number of morpholine rings is 1. The lowest BCUT2D eigenvalue weighted by Crippen LogP contribution is -2.52. The Balaban J connectivity index is 2.62. The Morgan fingerprint density at radius 3 is 2.50 bits per heavy atom. The van der Waals surface area contributed by atoms with Crippen LogP contribution in [0.15, 0.2) is 0 Å². The van der Waals surface area contributed by atoms with Gasteiger partial charge in [0.2, 0.25) is 0 Å². The van der Waals surface area contributed by atoms with Crippen molar-refractivity contribution in [2.75, 3.05) is 39.8 Å². The average Bonchev–Trinajstić information content (AvgIpc) is 2.37. The van der Waals surface area contributed by atoms with Gasteiger partial charge in [-0.1, -0.05) is 13.8 Å². The third kappa shape index (κ3) is 4.19. The molecule has 0 aliphatic carbocycles. The first-order chi connectivity index (χ1) is 8.59. The summed E-state index contributed by atoms with van der Waals surface area (Å²) in [6, 6.07) is 0. The highest BCUT2D eigenvalue weighted by Crippen LogP contribution is 2.28. The summed E-state index contributed by atoms with van der Waals surface area (Å²) >= 11 is 0. The molecule has 4 nitrogen and oxygen atoms in total. The van der Waals surface area contributed by atoms with Crippen LogP contribution < -0.4 is 5.32 Å². The number of nitrogens with zero attached hydrogens (tertiary/aromatic N) is 1. The highest BCUT2D eigenvalue weighted by Gasteiger charge is 2.32. The van der Waals surface area contributed by atoms with Gasteiger partial charge in [-0.15, -0.1) is 0 Å². The van der Waals surface area contributed by atoms with Crippen LogP contribution in [0.3, 0.4) is 0 Å². The van der Waals surface area contributed by atoms with Crippen LogP contribution in [0.1, 0.15) is 33.6 Å². The predicted octanol–water partition coefficient (Wildman–Crippen LogP) is 1.09. The maximum absolute atomic E-state index is 9.28. The molecule has 0 saturated carbocycles. The minimum absolute atomic E-state index is 0.0188. The van der Waals surface area contributed by atoms with Gasteiger partial charge in [-0.2, -0.15) is 0 Å². The Morgan fingerprint density at radius 1 is 1.33 bits per heavy atom. The van der Waals surface area contributed by atoms with E-state index in [4.69, 9.17) is 4.74 Å². The predicted molar refractivity (Wildman–Crippen MR) is 74.8 cm³/mol. The van der Waals surface area contributed by atoms with Crippen LogP contribution in [0, 0.1) is 5.41 Å². The van der Waals surface area contributed by atoms with Gasteiger partial charge in [0.1, 0.15) is 0 Å². The molecule has 2 N–H and O–H groups in total. The highest BCUT2D eigenvalue weighted by molar-refractivity contribution is 4.85. The van der Waals surface area contributed by atoms with Gasteiger partial charge in [-0.05, 0) is 32.2 Å². The van der Waals surface area contributed by atoms with Crippen molar-refractivity contribution in [1.82, 2.24) is 10.2 Å². The molecule has 0 amide bonds. The summed E-state index contributed by atoms with van der Waals surface area (Å²) in [6.45, 7) is 10.7. The van der Waals surface area contributed by atoms with E-state index in [2.05, 4.69) is 31.0 Å². The van der Waals surface area contributed by atoms with Gasteiger partial charge >= 0.3 is 0 Å². The quantitative estimate of drug-likeness (QED) is 0.717. The summed E-state index contributed by atoms with van der Waals surface area (Å²) < 4.78 is 5.70. The van der Waals surface area contributed by atoms with Gasteiger partial charge in [0, 0.05) is 26.2 Å². The van der Waals surface area contributed by atoms with E-state index in [1.807, 2.05) is 7.05 Å². The minimum Gasteiger partial charge on any atom is -0.394 e. The first-order valence-corrected chi connectivity index (χ1v) is 7.22. The zero-order valence-corrected chi connectivity index (χ0v) is 12.4. The minimum atomic E-state index is -0.0188. The van der Waals surface area contributed by atoms with Crippen molar-refractivity contribution in [2.45, 2.75) is 45.8 Å². The van der Waals surface area contributed by atoms with Crippen molar-refractivity contribution in [2.24, 2.45) is 5.41 Å². The largest absolute Gasteiger partial charge is 0.394 e. The second kappa shape index (κ2) is 7.43. The highest BCUT2D eigenvalue weighted by atomic mass is 16.5. The molecule has 1 fully saturated rings. The standard InChI is InChI=1S/C14H30N2O2/c1-5-14(6-2,10-15-4)11-16-7-12(3)18-13(8-16)9-17/h12-13,15,17H,5-11H2,1-4H3. The fourth-order valence-electron chi connectivity index (χ4n) is 3.00. The molecule has 0 aromatic heterocycles. The molecule has 2 atom stereocenters. The van der Waals surface area contributed by atoms with Gasteiger partial charge in [-0.25, -0.2) is 0 Å². The number of hydrogen-bond acceptors (Lipinski definition) is 4. The maximum Gasteiger partial charge on any atom is 0.0936 e. The molecule has 1 heterocycles. The molecule has 0 spiro atoms. The molecule has 0 aromatic carbocycles. The Morgan fingerprint density at radius 2 is 2.00 bits per heavy atom. The van der Waals surface area contributed by atoms with Crippen molar-refractivity contribution < 1.29 is 9.84 Å². The average molecular weight is 258 g/mol. The van der Waals surface area contributed by atoms with Crippen LogP contribution in [0.2, 0.25) is 0 Å². The monoisotopic (exact) mass is 258 g/mol. The van der Waals surface area contributed by atoms with Crippen molar-refractivity contribution >= 4 is 0 Å². The van der Waals surface area contributed by atoms with E-state index in [0.29, 0.717) is 5.41 Å². The topological polar surface area (TPSA) is 44.7 Å².